The third-order valence-corrected chi connectivity index (χ3v) is 2.75. The van der Waals surface area contributed by atoms with Crippen molar-refractivity contribution in [1.29, 1.82) is 0 Å². The molecule has 88 valence electrons. The molecule has 0 heterocycles. The average molecular weight is 289 g/mol. The van der Waals surface area contributed by atoms with E-state index in [2.05, 4.69) is 15.9 Å². The lowest BCUT2D eigenvalue weighted by Gasteiger charge is -2.12. The van der Waals surface area contributed by atoms with Gasteiger partial charge in [0.2, 0.25) is 0 Å². The first-order valence-electron chi connectivity index (χ1n) is 4.73. The van der Waals surface area contributed by atoms with E-state index in [1.165, 1.54) is 6.07 Å². The van der Waals surface area contributed by atoms with Gasteiger partial charge in [0.05, 0.1) is 11.7 Å². The summed E-state index contributed by atoms with van der Waals surface area (Å²) in [6, 6.07) is 4.84. The average Bonchev–Trinajstić information content (AvgIpc) is 2.27. The van der Waals surface area contributed by atoms with E-state index < -0.39 is 5.97 Å². The summed E-state index contributed by atoms with van der Waals surface area (Å²) in [5.74, 6) is -0.471. The minimum atomic E-state index is -0.989. The predicted octanol–water partition coefficient (Wildman–Crippen LogP) is 2.56. The van der Waals surface area contributed by atoms with Crippen molar-refractivity contribution in [3.05, 3.63) is 28.2 Å². The monoisotopic (exact) mass is 288 g/mol. The summed E-state index contributed by atoms with van der Waals surface area (Å²) in [4.78, 5) is 10.9. The SMILES string of the molecule is COC(C)COc1ccc(Br)c(C(=O)O)c1. The molecule has 1 aromatic carbocycles. The van der Waals surface area contributed by atoms with Crippen LogP contribution in [-0.2, 0) is 4.74 Å². The van der Waals surface area contributed by atoms with Crippen molar-refractivity contribution in [1.82, 2.24) is 0 Å². The number of halogens is 1. The first kappa shape index (κ1) is 13.0. The van der Waals surface area contributed by atoms with E-state index in [4.69, 9.17) is 14.6 Å². The van der Waals surface area contributed by atoms with Gasteiger partial charge in [-0.15, -0.1) is 0 Å². The van der Waals surface area contributed by atoms with Crippen molar-refractivity contribution < 1.29 is 19.4 Å². The molecule has 0 radical (unpaired) electrons. The summed E-state index contributed by atoms with van der Waals surface area (Å²) >= 11 is 3.16. The fourth-order valence-electron chi connectivity index (χ4n) is 1.04. The second-order valence-electron chi connectivity index (χ2n) is 3.30. The minimum absolute atomic E-state index is 0.0306. The van der Waals surface area contributed by atoms with E-state index in [9.17, 15) is 4.79 Å². The van der Waals surface area contributed by atoms with Gasteiger partial charge in [0.15, 0.2) is 0 Å². The van der Waals surface area contributed by atoms with Crippen molar-refractivity contribution in [3.63, 3.8) is 0 Å². The summed E-state index contributed by atoms with van der Waals surface area (Å²) in [5, 5.41) is 8.90. The van der Waals surface area contributed by atoms with Gasteiger partial charge in [-0.2, -0.15) is 0 Å². The number of ether oxygens (including phenoxy) is 2. The van der Waals surface area contributed by atoms with E-state index >= 15 is 0 Å². The summed E-state index contributed by atoms with van der Waals surface area (Å²) < 4.78 is 11.0. The van der Waals surface area contributed by atoms with Gasteiger partial charge in [0.1, 0.15) is 12.4 Å². The molecule has 16 heavy (non-hydrogen) atoms. The molecule has 0 amide bonds. The minimum Gasteiger partial charge on any atom is -0.491 e. The van der Waals surface area contributed by atoms with Crippen molar-refractivity contribution in [3.8, 4) is 5.75 Å². The summed E-state index contributed by atoms with van der Waals surface area (Å²) in [6.45, 7) is 2.26. The highest BCUT2D eigenvalue weighted by molar-refractivity contribution is 9.10. The molecule has 0 aromatic heterocycles. The molecule has 0 aliphatic carbocycles. The molecule has 0 aliphatic rings. The topological polar surface area (TPSA) is 55.8 Å². The van der Waals surface area contributed by atoms with Crippen LogP contribution in [-0.4, -0.2) is 30.9 Å². The molecule has 1 unspecified atom stereocenters. The normalized spacial score (nSPS) is 12.2. The third-order valence-electron chi connectivity index (χ3n) is 2.06. The third kappa shape index (κ3) is 3.50. The predicted molar refractivity (Wildman–Crippen MR) is 63.1 cm³/mol. The lowest BCUT2D eigenvalue weighted by molar-refractivity contribution is 0.0688. The Labute approximate surface area is 102 Å². The Morgan fingerprint density at radius 3 is 2.81 bits per heavy atom. The Hall–Kier alpha value is -1.07. The molecule has 0 saturated heterocycles. The molecule has 1 N–H and O–H groups in total. The first-order chi connectivity index (χ1) is 7.54. The van der Waals surface area contributed by atoms with E-state index in [1.807, 2.05) is 6.92 Å². The number of methoxy groups -OCH3 is 1. The van der Waals surface area contributed by atoms with Gasteiger partial charge in [-0.25, -0.2) is 4.79 Å². The highest BCUT2D eigenvalue weighted by Gasteiger charge is 2.10. The molecule has 0 spiro atoms. The number of hydrogen-bond acceptors (Lipinski definition) is 3. The van der Waals surface area contributed by atoms with Crippen LogP contribution in [0.1, 0.15) is 17.3 Å². The molecule has 5 heteroatoms. The van der Waals surface area contributed by atoms with Crippen LogP contribution >= 0.6 is 15.9 Å². The molecular formula is C11H13BrO4. The van der Waals surface area contributed by atoms with Gasteiger partial charge >= 0.3 is 5.97 Å². The maximum absolute atomic E-state index is 10.9. The Balaban J connectivity index is 2.75. The summed E-state index contributed by atoms with van der Waals surface area (Å²) in [7, 11) is 1.60. The largest absolute Gasteiger partial charge is 0.491 e. The number of benzene rings is 1. The lowest BCUT2D eigenvalue weighted by Crippen LogP contribution is -2.16. The second kappa shape index (κ2) is 5.86. The number of aromatic carboxylic acids is 1. The number of hydrogen-bond donors (Lipinski definition) is 1. The van der Waals surface area contributed by atoms with Crippen LogP contribution in [0.5, 0.6) is 5.75 Å². The fraction of sp³-hybridized carbons (Fsp3) is 0.364. The molecule has 1 rings (SSSR count). The first-order valence-corrected chi connectivity index (χ1v) is 5.52. The van der Waals surface area contributed by atoms with Crippen LogP contribution in [0.3, 0.4) is 0 Å². The van der Waals surface area contributed by atoms with Crippen LogP contribution in [0.25, 0.3) is 0 Å². The van der Waals surface area contributed by atoms with Crippen LogP contribution in [0, 0.1) is 0 Å². The fourth-order valence-corrected chi connectivity index (χ4v) is 1.46. The zero-order valence-electron chi connectivity index (χ0n) is 9.07. The Morgan fingerprint density at radius 1 is 1.56 bits per heavy atom. The van der Waals surface area contributed by atoms with Gasteiger partial charge in [-0.1, -0.05) is 0 Å². The van der Waals surface area contributed by atoms with E-state index in [1.54, 1.807) is 19.2 Å². The van der Waals surface area contributed by atoms with Crippen LogP contribution in [0.15, 0.2) is 22.7 Å². The Bertz CT molecular complexity index is 378. The summed E-state index contributed by atoms with van der Waals surface area (Å²) in [6.07, 6.45) is -0.0306. The lowest BCUT2D eigenvalue weighted by atomic mass is 10.2. The molecule has 4 nitrogen and oxygen atoms in total. The zero-order valence-corrected chi connectivity index (χ0v) is 10.7. The van der Waals surface area contributed by atoms with Gasteiger partial charge in [-0.3, -0.25) is 0 Å². The van der Waals surface area contributed by atoms with Crippen LogP contribution in [0.4, 0.5) is 0 Å². The highest BCUT2D eigenvalue weighted by atomic mass is 79.9. The molecular weight excluding hydrogens is 276 g/mol. The van der Waals surface area contributed by atoms with E-state index in [0.29, 0.717) is 16.8 Å². The van der Waals surface area contributed by atoms with Crippen molar-refractivity contribution in [2.75, 3.05) is 13.7 Å². The zero-order chi connectivity index (χ0) is 12.1. The van der Waals surface area contributed by atoms with Crippen molar-refractivity contribution >= 4 is 21.9 Å². The van der Waals surface area contributed by atoms with E-state index in [-0.39, 0.29) is 11.7 Å². The van der Waals surface area contributed by atoms with Crippen LogP contribution in [0.2, 0.25) is 0 Å². The molecule has 0 fully saturated rings. The smallest absolute Gasteiger partial charge is 0.336 e. The Morgan fingerprint density at radius 2 is 2.25 bits per heavy atom. The number of carbonyl (C=O) groups is 1. The molecule has 0 aliphatic heterocycles. The standard InChI is InChI=1S/C11H13BrO4/c1-7(15-2)6-16-8-3-4-10(12)9(5-8)11(13)14/h3-5,7H,6H2,1-2H3,(H,13,14). The van der Waals surface area contributed by atoms with Crippen LogP contribution < -0.4 is 4.74 Å². The molecule has 1 aromatic rings. The Kier molecular flexibility index (Phi) is 4.76. The maximum Gasteiger partial charge on any atom is 0.336 e. The van der Waals surface area contributed by atoms with Gasteiger partial charge in [0.25, 0.3) is 0 Å². The second-order valence-corrected chi connectivity index (χ2v) is 4.16. The quantitative estimate of drug-likeness (QED) is 0.905. The maximum atomic E-state index is 10.9. The highest BCUT2D eigenvalue weighted by Crippen LogP contribution is 2.22. The van der Waals surface area contributed by atoms with Crippen molar-refractivity contribution in [2.24, 2.45) is 0 Å². The molecule has 1 atom stereocenters. The van der Waals surface area contributed by atoms with E-state index in [0.717, 1.165) is 0 Å². The van der Waals surface area contributed by atoms with Crippen molar-refractivity contribution in [2.45, 2.75) is 13.0 Å². The molecule has 0 saturated carbocycles. The summed E-state index contributed by atoms with van der Waals surface area (Å²) in [5.41, 5.74) is 0.183. The number of carboxylic acids is 1. The van der Waals surface area contributed by atoms with Gasteiger partial charge < -0.3 is 14.6 Å². The number of carboxylic acid groups (broad SMARTS) is 1. The van der Waals surface area contributed by atoms with Gasteiger partial charge in [-0.05, 0) is 41.1 Å². The number of rotatable bonds is 5. The van der Waals surface area contributed by atoms with Gasteiger partial charge in [0, 0.05) is 11.6 Å². The molecule has 0 bridgehead atoms.